The fourth-order valence-corrected chi connectivity index (χ4v) is 4.21. The van der Waals surface area contributed by atoms with Gasteiger partial charge in [-0.25, -0.2) is 0 Å². The first kappa shape index (κ1) is 22.3. The van der Waals surface area contributed by atoms with Gasteiger partial charge in [0.15, 0.2) is 5.00 Å². The fraction of sp³-hybridized carbons (Fsp3) is 0.208. The number of ether oxygens (including phenoxy) is 1. The summed E-state index contributed by atoms with van der Waals surface area (Å²) in [6, 6.07) is 18.7. The Morgan fingerprint density at radius 3 is 2.67 bits per heavy atom. The lowest BCUT2D eigenvalue weighted by molar-refractivity contribution is -0.384. The number of fused-ring (bicyclic) bond motifs is 1. The summed E-state index contributed by atoms with van der Waals surface area (Å²) >= 11 is 1.15. The number of rotatable bonds is 8. The zero-order valence-corrected chi connectivity index (χ0v) is 19.4. The molecule has 0 atom stereocenters. The number of non-ortho nitro benzene ring substituents is 1. The minimum absolute atomic E-state index is 0.00519. The Kier molecular flexibility index (Phi) is 6.60. The van der Waals surface area contributed by atoms with Crippen molar-refractivity contribution in [3.8, 4) is 5.75 Å². The molecule has 3 aromatic carbocycles. The van der Waals surface area contributed by atoms with Crippen LogP contribution in [0.3, 0.4) is 0 Å². The number of benzene rings is 3. The lowest BCUT2D eigenvalue weighted by Crippen LogP contribution is -2.22. The second-order valence-electron chi connectivity index (χ2n) is 7.44. The highest BCUT2D eigenvalue weighted by molar-refractivity contribution is 7.11. The topological polar surface area (TPSA) is 93.2 Å². The molecule has 0 aliphatic rings. The number of anilines is 1. The molecule has 0 aliphatic carbocycles. The Labute approximate surface area is 195 Å². The molecular weight excluding hydrogens is 438 g/mol. The van der Waals surface area contributed by atoms with E-state index in [4.69, 9.17) is 4.74 Å². The first-order valence-electron chi connectivity index (χ1n) is 10.4. The molecule has 33 heavy (non-hydrogen) atoms. The van der Waals surface area contributed by atoms with Crippen LogP contribution in [0.15, 0.2) is 70.9 Å². The van der Waals surface area contributed by atoms with Crippen molar-refractivity contribution < 1.29 is 9.66 Å². The van der Waals surface area contributed by atoms with Crippen molar-refractivity contribution in [3.63, 3.8) is 0 Å². The minimum Gasteiger partial charge on any atom is -0.494 e. The van der Waals surface area contributed by atoms with E-state index in [1.54, 1.807) is 13.2 Å². The monoisotopic (exact) mass is 461 g/mol. The number of aryl methyl sites for hydroxylation is 1. The molecule has 0 saturated carbocycles. The van der Waals surface area contributed by atoms with Crippen molar-refractivity contribution in [3.05, 3.63) is 81.9 Å². The molecule has 0 amide bonds. The van der Waals surface area contributed by atoms with Crippen LogP contribution >= 0.6 is 11.5 Å². The Bertz CT molecular complexity index is 1330. The van der Waals surface area contributed by atoms with Crippen LogP contribution in [0, 0.1) is 17.0 Å². The molecule has 0 saturated heterocycles. The summed E-state index contributed by atoms with van der Waals surface area (Å²) in [5, 5.41) is 20.9. The Balaban J connectivity index is 1.61. The van der Waals surface area contributed by atoms with E-state index < -0.39 is 4.92 Å². The molecule has 1 aromatic heterocycles. The van der Waals surface area contributed by atoms with E-state index in [9.17, 15) is 10.1 Å². The highest BCUT2D eigenvalue weighted by atomic mass is 32.1. The van der Waals surface area contributed by atoms with E-state index in [2.05, 4.69) is 51.5 Å². The predicted octanol–water partition coefficient (Wildman–Crippen LogP) is 6.96. The zero-order valence-electron chi connectivity index (χ0n) is 18.6. The van der Waals surface area contributed by atoms with Crippen LogP contribution in [-0.4, -0.2) is 23.0 Å². The van der Waals surface area contributed by atoms with Gasteiger partial charge < -0.3 is 9.64 Å². The van der Waals surface area contributed by atoms with Crippen molar-refractivity contribution in [2.75, 3.05) is 18.6 Å². The SMILES string of the molecule is CCN(Cc1ccccc1C)c1ccc(N=Nc2snc3ccc([N+](=O)[O-])cc23)c(OC)c1. The van der Waals surface area contributed by atoms with E-state index in [1.165, 1.54) is 23.3 Å². The standard InChI is InChI=1S/C24H23N5O3S/c1-4-28(15-17-8-6-5-7-16(17)2)18-9-12-22(23(14-18)32-3)25-26-24-20-13-19(29(30)31)10-11-21(20)27-33-24/h5-14H,4,15H2,1-3H3. The maximum Gasteiger partial charge on any atom is 0.270 e. The number of hydrogen-bond acceptors (Lipinski definition) is 8. The molecule has 168 valence electrons. The van der Waals surface area contributed by atoms with Crippen LogP contribution in [0.2, 0.25) is 0 Å². The average Bonchev–Trinajstić information content (AvgIpc) is 3.24. The van der Waals surface area contributed by atoms with Gasteiger partial charge in [0.2, 0.25) is 0 Å². The number of hydrogen-bond donors (Lipinski definition) is 0. The third kappa shape index (κ3) is 4.83. The molecular formula is C24H23N5O3S. The van der Waals surface area contributed by atoms with Crippen molar-refractivity contribution in [2.45, 2.75) is 20.4 Å². The molecule has 0 unspecified atom stereocenters. The van der Waals surface area contributed by atoms with Crippen molar-refractivity contribution in [1.82, 2.24) is 4.37 Å². The molecule has 4 rings (SSSR count). The number of nitro groups is 1. The van der Waals surface area contributed by atoms with Crippen molar-refractivity contribution in [2.24, 2.45) is 10.2 Å². The lowest BCUT2D eigenvalue weighted by Gasteiger charge is -2.24. The fourth-order valence-electron chi connectivity index (χ4n) is 3.53. The molecule has 1 heterocycles. The van der Waals surface area contributed by atoms with E-state index >= 15 is 0 Å². The lowest BCUT2D eigenvalue weighted by atomic mass is 10.1. The highest BCUT2D eigenvalue weighted by Crippen LogP contribution is 2.37. The van der Waals surface area contributed by atoms with Gasteiger partial charge in [0.05, 0.1) is 17.5 Å². The largest absolute Gasteiger partial charge is 0.494 e. The Morgan fingerprint density at radius 1 is 1.12 bits per heavy atom. The first-order chi connectivity index (χ1) is 16.0. The molecule has 9 heteroatoms. The van der Waals surface area contributed by atoms with Gasteiger partial charge in [-0.15, -0.1) is 10.2 Å². The summed E-state index contributed by atoms with van der Waals surface area (Å²) in [6.07, 6.45) is 0. The molecule has 8 nitrogen and oxygen atoms in total. The summed E-state index contributed by atoms with van der Waals surface area (Å²) in [5.41, 5.74) is 4.76. The smallest absolute Gasteiger partial charge is 0.270 e. The van der Waals surface area contributed by atoms with Crippen LogP contribution in [-0.2, 0) is 6.54 Å². The summed E-state index contributed by atoms with van der Waals surface area (Å²) in [4.78, 5) is 12.9. The van der Waals surface area contributed by atoms with Crippen LogP contribution in [0.4, 0.5) is 22.1 Å². The van der Waals surface area contributed by atoms with Gasteiger partial charge in [-0.2, -0.15) is 4.37 Å². The minimum atomic E-state index is -0.434. The van der Waals surface area contributed by atoms with Crippen molar-refractivity contribution in [1.29, 1.82) is 0 Å². The summed E-state index contributed by atoms with van der Waals surface area (Å²) < 4.78 is 9.88. The van der Waals surface area contributed by atoms with E-state index in [-0.39, 0.29) is 5.69 Å². The predicted molar refractivity (Wildman–Crippen MR) is 131 cm³/mol. The quantitative estimate of drug-likeness (QED) is 0.161. The molecule has 0 fully saturated rings. The molecule has 4 aromatic rings. The average molecular weight is 462 g/mol. The molecule has 0 spiro atoms. The third-order valence-electron chi connectivity index (χ3n) is 5.43. The number of nitrogens with zero attached hydrogens (tertiary/aromatic N) is 5. The summed E-state index contributed by atoms with van der Waals surface area (Å²) in [5.74, 6) is 0.597. The third-order valence-corrected chi connectivity index (χ3v) is 6.20. The van der Waals surface area contributed by atoms with Crippen LogP contribution in [0.25, 0.3) is 10.9 Å². The van der Waals surface area contributed by atoms with Gasteiger partial charge in [-0.3, -0.25) is 10.1 Å². The Hall–Kier alpha value is -3.85. The van der Waals surface area contributed by atoms with Gasteiger partial charge in [-0.05, 0) is 54.7 Å². The second-order valence-corrected chi connectivity index (χ2v) is 8.19. The summed E-state index contributed by atoms with van der Waals surface area (Å²) in [7, 11) is 1.60. The molecule has 0 aliphatic heterocycles. The number of azo groups is 1. The van der Waals surface area contributed by atoms with Crippen LogP contribution in [0.5, 0.6) is 5.75 Å². The van der Waals surface area contributed by atoms with Gasteiger partial charge in [0.1, 0.15) is 11.4 Å². The normalized spacial score (nSPS) is 11.2. The maximum atomic E-state index is 11.1. The highest BCUT2D eigenvalue weighted by Gasteiger charge is 2.14. The molecule has 0 bridgehead atoms. The number of nitro benzene ring substituents is 1. The second kappa shape index (κ2) is 9.74. The Morgan fingerprint density at radius 2 is 1.94 bits per heavy atom. The first-order valence-corrected chi connectivity index (χ1v) is 11.2. The van der Waals surface area contributed by atoms with E-state index in [0.29, 0.717) is 27.3 Å². The van der Waals surface area contributed by atoms with E-state index in [1.807, 2.05) is 24.3 Å². The van der Waals surface area contributed by atoms with Gasteiger partial charge in [0, 0.05) is 42.4 Å². The van der Waals surface area contributed by atoms with Crippen LogP contribution in [0.1, 0.15) is 18.1 Å². The van der Waals surface area contributed by atoms with Gasteiger partial charge in [-0.1, -0.05) is 24.3 Å². The number of methoxy groups -OCH3 is 1. The summed E-state index contributed by atoms with van der Waals surface area (Å²) in [6.45, 7) is 5.86. The van der Waals surface area contributed by atoms with Crippen LogP contribution < -0.4 is 9.64 Å². The van der Waals surface area contributed by atoms with Crippen molar-refractivity contribution >= 4 is 44.5 Å². The molecule has 0 N–H and O–H groups in total. The number of aromatic nitrogens is 1. The van der Waals surface area contributed by atoms with Gasteiger partial charge >= 0.3 is 0 Å². The van der Waals surface area contributed by atoms with E-state index in [0.717, 1.165) is 30.3 Å². The zero-order chi connectivity index (χ0) is 23.4. The maximum absolute atomic E-state index is 11.1. The van der Waals surface area contributed by atoms with Gasteiger partial charge in [0.25, 0.3) is 5.69 Å². The molecule has 0 radical (unpaired) electrons.